The van der Waals surface area contributed by atoms with Crippen LogP contribution in [0.1, 0.15) is 27.2 Å². The molecule has 7 heteroatoms. The van der Waals surface area contributed by atoms with Gasteiger partial charge in [-0.15, -0.1) is 0 Å². The van der Waals surface area contributed by atoms with E-state index in [4.69, 9.17) is 14.6 Å². The Morgan fingerprint density at radius 3 is 2.68 bits per heavy atom. The quantitative estimate of drug-likeness (QED) is 0.684. The SMILES string of the molecule is CC(C)(C)OC(=O)NC(C[C@H]1CNCCO1)C(=O)O. The highest BCUT2D eigenvalue weighted by Crippen LogP contribution is 2.09. The van der Waals surface area contributed by atoms with Crippen LogP contribution in [0.2, 0.25) is 0 Å². The van der Waals surface area contributed by atoms with Crippen molar-refractivity contribution in [3.05, 3.63) is 0 Å². The number of nitrogens with one attached hydrogen (secondary N) is 2. The Hall–Kier alpha value is -1.34. The lowest BCUT2D eigenvalue weighted by atomic mass is 10.1. The molecule has 0 bridgehead atoms. The Labute approximate surface area is 112 Å². The molecule has 0 aliphatic carbocycles. The van der Waals surface area contributed by atoms with Crippen molar-refractivity contribution in [1.82, 2.24) is 10.6 Å². The predicted molar refractivity (Wildman–Crippen MR) is 68.0 cm³/mol. The number of alkyl carbamates (subject to hydrolysis) is 1. The standard InChI is InChI=1S/C12H22N2O5/c1-12(2,3)19-11(17)14-9(10(15)16)6-8-7-13-4-5-18-8/h8-9,13H,4-7H2,1-3H3,(H,14,17)(H,15,16)/t8-,9?/m0/s1. The lowest BCUT2D eigenvalue weighted by Crippen LogP contribution is -2.48. The van der Waals surface area contributed by atoms with E-state index < -0.39 is 23.7 Å². The molecule has 19 heavy (non-hydrogen) atoms. The van der Waals surface area contributed by atoms with Gasteiger partial charge in [0.25, 0.3) is 0 Å². The summed E-state index contributed by atoms with van der Waals surface area (Å²) < 4.78 is 10.5. The highest BCUT2D eigenvalue weighted by Gasteiger charge is 2.27. The molecule has 1 aliphatic rings. The molecule has 0 aromatic heterocycles. The highest BCUT2D eigenvalue weighted by molar-refractivity contribution is 5.80. The van der Waals surface area contributed by atoms with E-state index >= 15 is 0 Å². The van der Waals surface area contributed by atoms with Gasteiger partial charge in [-0.05, 0) is 20.8 Å². The van der Waals surface area contributed by atoms with E-state index in [9.17, 15) is 9.59 Å². The van der Waals surface area contributed by atoms with Crippen molar-refractivity contribution in [1.29, 1.82) is 0 Å². The lowest BCUT2D eigenvalue weighted by Gasteiger charge is -2.27. The lowest BCUT2D eigenvalue weighted by molar-refractivity contribution is -0.140. The van der Waals surface area contributed by atoms with Gasteiger partial charge in [0, 0.05) is 19.5 Å². The zero-order valence-corrected chi connectivity index (χ0v) is 11.6. The third-order valence-corrected chi connectivity index (χ3v) is 2.49. The first-order valence-electron chi connectivity index (χ1n) is 6.32. The first-order valence-corrected chi connectivity index (χ1v) is 6.32. The summed E-state index contributed by atoms with van der Waals surface area (Å²) >= 11 is 0. The van der Waals surface area contributed by atoms with E-state index in [1.165, 1.54) is 0 Å². The summed E-state index contributed by atoms with van der Waals surface area (Å²) in [6.07, 6.45) is -0.741. The number of carbonyl (C=O) groups is 2. The molecule has 3 N–H and O–H groups in total. The minimum absolute atomic E-state index is 0.210. The fourth-order valence-corrected chi connectivity index (χ4v) is 1.71. The number of hydrogen-bond acceptors (Lipinski definition) is 5. The maximum atomic E-state index is 11.6. The third-order valence-electron chi connectivity index (χ3n) is 2.49. The monoisotopic (exact) mass is 274 g/mol. The van der Waals surface area contributed by atoms with Gasteiger partial charge in [-0.1, -0.05) is 0 Å². The maximum absolute atomic E-state index is 11.6. The van der Waals surface area contributed by atoms with Gasteiger partial charge >= 0.3 is 12.1 Å². The van der Waals surface area contributed by atoms with Crippen LogP contribution in [-0.4, -0.2) is 54.6 Å². The molecule has 7 nitrogen and oxygen atoms in total. The number of carboxylic acid groups (broad SMARTS) is 1. The van der Waals surface area contributed by atoms with Gasteiger partial charge in [0.05, 0.1) is 12.7 Å². The fourth-order valence-electron chi connectivity index (χ4n) is 1.71. The Bertz CT molecular complexity index is 321. The van der Waals surface area contributed by atoms with Gasteiger partial charge in [0.15, 0.2) is 0 Å². The van der Waals surface area contributed by atoms with Crippen LogP contribution in [0.5, 0.6) is 0 Å². The van der Waals surface area contributed by atoms with Crippen molar-refractivity contribution in [3.8, 4) is 0 Å². The largest absolute Gasteiger partial charge is 0.480 e. The number of hydrogen-bond donors (Lipinski definition) is 3. The van der Waals surface area contributed by atoms with Gasteiger partial charge in [0.1, 0.15) is 11.6 Å². The highest BCUT2D eigenvalue weighted by atomic mass is 16.6. The van der Waals surface area contributed by atoms with Gasteiger partial charge in [0.2, 0.25) is 0 Å². The predicted octanol–water partition coefficient (Wildman–Crippen LogP) is 0.343. The second-order valence-electron chi connectivity index (χ2n) is 5.47. The number of ether oxygens (including phenoxy) is 2. The van der Waals surface area contributed by atoms with Crippen LogP contribution in [0.3, 0.4) is 0 Å². The Kier molecular flexibility index (Phi) is 5.56. The Morgan fingerprint density at radius 1 is 1.53 bits per heavy atom. The van der Waals surface area contributed by atoms with Crippen LogP contribution in [0.25, 0.3) is 0 Å². The summed E-state index contributed by atoms with van der Waals surface area (Å²) in [5.41, 5.74) is -0.657. The topological polar surface area (TPSA) is 96.9 Å². The van der Waals surface area contributed by atoms with Gasteiger partial charge < -0.3 is 25.2 Å². The van der Waals surface area contributed by atoms with Crippen molar-refractivity contribution in [3.63, 3.8) is 0 Å². The van der Waals surface area contributed by atoms with Crippen LogP contribution in [0.15, 0.2) is 0 Å². The van der Waals surface area contributed by atoms with Crippen molar-refractivity contribution >= 4 is 12.1 Å². The summed E-state index contributed by atoms with van der Waals surface area (Å²) in [4.78, 5) is 22.7. The van der Waals surface area contributed by atoms with Crippen LogP contribution in [-0.2, 0) is 14.3 Å². The summed E-state index contributed by atoms with van der Waals surface area (Å²) in [7, 11) is 0. The normalized spacial score (nSPS) is 21.5. The molecule has 110 valence electrons. The number of carboxylic acids is 1. The van der Waals surface area contributed by atoms with Crippen LogP contribution in [0, 0.1) is 0 Å². The minimum Gasteiger partial charge on any atom is -0.480 e. The van der Waals surface area contributed by atoms with Gasteiger partial charge in [-0.3, -0.25) is 0 Å². The van der Waals surface area contributed by atoms with E-state index in [1.807, 2.05) is 0 Å². The molecule has 0 saturated carbocycles. The van der Waals surface area contributed by atoms with Gasteiger partial charge in [-0.2, -0.15) is 0 Å². The van der Waals surface area contributed by atoms with E-state index in [0.29, 0.717) is 13.2 Å². The van der Waals surface area contributed by atoms with E-state index in [-0.39, 0.29) is 12.5 Å². The average molecular weight is 274 g/mol. The summed E-state index contributed by atoms with van der Waals surface area (Å²) in [6.45, 7) is 7.04. The third kappa shape index (κ3) is 6.40. The van der Waals surface area contributed by atoms with E-state index in [2.05, 4.69) is 10.6 Å². The van der Waals surface area contributed by atoms with Crippen LogP contribution < -0.4 is 10.6 Å². The molecule has 1 saturated heterocycles. The molecule has 0 radical (unpaired) electrons. The molecule has 1 fully saturated rings. The van der Waals surface area contributed by atoms with Crippen molar-refractivity contribution < 1.29 is 24.2 Å². The summed E-state index contributed by atoms with van der Waals surface area (Å²) in [6, 6.07) is -1.01. The molecule has 1 amide bonds. The second-order valence-corrected chi connectivity index (χ2v) is 5.47. The number of rotatable bonds is 4. The first-order chi connectivity index (χ1) is 8.78. The molecular formula is C12H22N2O5. The molecular weight excluding hydrogens is 252 g/mol. The van der Waals surface area contributed by atoms with Crippen molar-refractivity contribution in [2.45, 2.75) is 44.9 Å². The Morgan fingerprint density at radius 2 is 2.21 bits per heavy atom. The zero-order chi connectivity index (χ0) is 14.5. The molecule has 1 heterocycles. The van der Waals surface area contributed by atoms with Gasteiger partial charge in [-0.25, -0.2) is 9.59 Å². The number of carbonyl (C=O) groups excluding carboxylic acids is 1. The molecule has 1 aliphatic heterocycles. The van der Waals surface area contributed by atoms with Crippen LogP contribution in [0.4, 0.5) is 4.79 Å². The minimum atomic E-state index is -1.10. The van der Waals surface area contributed by atoms with E-state index in [1.54, 1.807) is 20.8 Å². The molecule has 1 rings (SSSR count). The number of aliphatic carboxylic acids is 1. The maximum Gasteiger partial charge on any atom is 0.408 e. The van der Waals surface area contributed by atoms with E-state index in [0.717, 1.165) is 6.54 Å². The molecule has 0 aromatic carbocycles. The first kappa shape index (κ1) is 15.7. The van der Waals surface area contributed by atoms with Crippen LogP contribution >= 0.6 is 0 Å². The molecule has 0 spiro atoms. The number of morpholine rings is 1. The van der Waals surface area contributed by atoms with Crippen molar-refractivity contribution in [2.24, 2.45) is 0 Å². The summed E-state index contributed by atoms with van der Waals surface area (Å²) in [5, 5.41) is 14.6. The molecule has 2 atom stereocenters. The molecule has 1 unspecified atom stereocenters. The molecule has 0 aromatic rings. The van der Waals surface area contributed by atoms with Crippen molar-refractivity contribution in [2.75, 3.05) is 19.7 Å². The average Bonchev–Trinajstić information content (AvgIpc) is 2.26. The summed E-state index contributed by atoms with van der Waals surface area (Å²) in [5.74, 6) is -1.10. The smallest absolute Gasteiger partial charge is 0.408 e. The fraction of sp³-hybridized carbons (Fsp3) is 0.833. The Balaban J connectivity index is 2.48. The zero-order valence-electron chi connectivity index (χ0n) is 11.6. The number of amides is 1. The second kappa shape index (κ2) is 6.72.